The Balaban J connectivity index is 2.09. The van der Waals surface area contributed by atoms with Crippen molar-refractivity contribution < 1.29 is 23.4 Å². The van der Waals surface area contributed by atoms with Gasteiger partial charge >= 0.3 is 5.97 Å². The maximum Gasteiger partial charge on any atom is 0.338 e. The minimum atomic E-state index is -1.33. The Hall–Kier alpha value is -1.95. The van der Waals surface area contributed by atoms with Gasteiger partial charge in [0.2, 0.25) is 0 Å². The first-order valence-corrected chi connectivity index (χ1v) is 6.36. The molecule has 0 radical (unpaired) electrons. The zero-order chi connectivity index (χ0) is 14.7. The molecular formula is C14H9BrF2O3. The van der Waals surface area contributed by atoms with Gasteiger partial charge in [-0.2, -0.15) is 0 Å². The molecule has 0 saturated heterocycles. The van der Waals surface area contributed by atoms with Crippen molar-refractivity contribution in [1.29, 1.82) is 0 Å². The predicted octanol–water partition coefficient (Wildman–Crippen LogP) is 4.00. The predicted molar refractivity (Wildman–Crippen MR) is 71.8 cm³/mol. The molecule has 1 N–H and O–H groups in total. The molecule has 2 rings (SSSR count). The topological polar surface area (TPSA) is 46.5 Å². The Kier molecular flexibility index (Phi) is 4.34. The lowest BCUT2D eigenvalue weighted by molar-refractivity contribution is 0.0692. The summed E-state index contributed by atoms with van der Waals surface area (Å²) in [6.07, 6.45) is 0. The van der Waals surface area contributed by atoms with Gasteiger partial charge in [0.1, 0.15) is 24.0 Å². The minimum absolute atomic E-state index is 0.0118. The molecule has 3 nitrogen and oxygen atoms in total. The van der Waals surface area contributed by atoms with Crippen LogP contribution in [0.2, 0.25) is 0 Å². The molecule has 0 unspecified atom stereocenters. The number of hydrogen-bond acceptors (Lipinski definition) is 2. The Morgan fingerprint density at radius 2 is 1.90 bits per heavy atom. The van der Waals surface area contributed by atoms with E-state index < -0.39 is 23.2 Å². The Morgan fingerprint density at radius 1 is 1.15 bits per heavy atom. The van der Waals surface area contributed by atoms with Crippen molar-refractivity contribution in [2.24, 2.45) is 0 Å². The number of ether oxygens (including phenoxy) is 1. The zero-order valence-corrected chi connectivity index (χ0v) is 11.7. The third-order valence-electron chi connectivity index (χ3n) is 2.56. The van der Waals surface area contributed by atoms with Crippen molar-refractivity contribution in [3.05, 3.63) is 63.6 Å². The van der Waals surface area contributed by atoms with Crippen LogP contribution >= 0.6 is 15.9 Å². The zero-order valence-electron chi connectivity index (χ0n) is 10.1. The summed E-state index contributed by atoms with van der Waals surface area (Å²) in [4.78, 5) is 10.7. The molecule has 2 aromatic carbocycles. The van der Waals surface area contributed by atoms with E-state index in [0.29, 0.717) is 15.8 Å². The number of aromatic carboxylic acids is 1. The molecule has 0 atom stereocenters. The fourth-order valence-electron chi connectivity index (χ4n) is 1.56. The maximum absolute atomic E-state index is 13.4. The van der Waals surface area contributed by atoms with Gasteiger partial charge in [0.25, 0.3) is 0 Å². The summed E-state index contributed by atoms with van der Waals surface area (Å²) < 4.78 is 32.3. The third kappa shape index (κ3) is 3.33. The summed E-state index contributed by atoms with van der Waals surface area (Å²) in [5.41, 5.74) is 0.0549. The van der Waals surface area contributed by atoms with Gasteiger partial charge in [-0.1, -0.05) is 6.07 Å². The molecule has 0 fully saturated rings. The first kappa shape index (κ1) is 14.5. The normalized spacial score (nSPS) is 10.3. The van der Waals surface area contributed by atoms with E-state index >= 15 is 0 Å². The lowest BCUT2D eigenvalue weighted by Crippen LogP contribution is -2.03. The molecule has 0 bridgehead atoms. The van der Waals surface area contributed by atoms with E-state index in [0.717, 1.165) is 6.07 Å². The Labute approximate surface area is 121 Å². The number of rotatable bonds is 4. The van der Waals surface area contributed by atoms with Crippen LogP contribution < -0.4 is 4.74 Å². The first-order valence-electron chi connectivity index (χ1n) is 5.57. The highest BCUT2D eigenvalue weighted by atomic mass is 79.9. The van der Waals surface area contributed by atoms with Gasteiger partial charge in [0, 0.05) is 6.07 Å². The quantitative estimate of drug-likeness (QED) is 0.913. The number of carboxylic acid groups (broad SMARTS) is 1. The van der Waals surface area contributed by atoms with Crippen LogP contribution in [0.4, 0.5) is 8.78 Å². The summed E-state index contributed by atoms with van der Waals surface area (Å²) in [6.45, 7) is 0.0118. The van der Waals surface area contributed by atoms with Gasteiger partial charge in [-0.3, -0.25) is 0 Å². The van der Waals surface area contributed by atoms with E-state index in [1.54, 1.807) is 6.07 Å². The second kappa shape index (κ2) is 6.00. The van der Waals surface area contributed by atoms with Crippen LogP contribution in [0.25, 0.3) is 0 Å². The van der Waals surface area contributed by atoms with Crippen molar-refractivity contribution in [1.82, 2.24) is 0 Å². The molecule has 0 heterocycles. The number of halogens is 3. The smallest absolute Gasteiger partial charge is 0.338 e. The second-order valence-electron chi connectivity index (χ2n) is 3.98. The van der Waals surface area contributed by atoms with Crippen LogP contribution in [-0.2, 0) is 6.61 Å². The molecule has 0 spiro atoms. The minimum Gasteiger partial charge on any atom is -0.489 e. The van der Waals surface area contributed by atoms with Gasteiger partial charge in [-0.05, 0) is 45.8 Å². The number of benzene rings is 2. The van der Waals surface area contributed by atoms with Crippen molar-refractivity contribution in [2.75, 3.05) is 0 Å². The average Bonchev–Trinajstić information content (AvgIpc) is 2.40. The molecule has 0 aliphatic heterocycles. The van der Waals surface area contributed by atoms with Crippen LogP contribution in [0.5, 0.6) is 5.75 Å². The molecule has 0 saturated carbocycles. The largest absolute Gasteiger partial charge is 0.489 e. The molecule has 0 aromatic heterocycles. The van der Waals surface area contributed by atoms with E-state index in [-0.39, 0.29) is 6.61 Å². The number of carboxylic acids is 1. The van der Waals surface area contributed by atoms with Crippen molar-refractivity contribution in [3.8, 4) is 5.75 Å². The molecule has 0 aliphatic carbocycles. The van der Waals surface area contributed by atoms with E-state index in [4.69, 9.17) is 9.84 Å². The summed E-state index contributed by atoms with van der Waals surface area (Å²) in [5.74, 6) is -2.33. The molecule has 0 amide bonds. The van der Waals surface area contributed by atoms with E-state index in [9.17, 15) is 13.6 Å². The first-order chi connectivity index (χ1) is 9.47. The van der Waals surface area contributed by atoms with Crippen LogP contribution in [0, 0.1) is 11.6 Å². The molecule has 0 aliphatic rings. The molecular weight excluding hydrogens is 334 g/mol. The van der Waals surface area contributed by atoms with Crippen LogP contribution in [0.15, 0.2) is 40.9 Å². The number of hydrogen-bond donors (Lipinski definition) is 1. The fraction of sp³-hybridized carbons (Fsp3) is 0.0714. The summed E-state index contributed by atoms with van der Waals surface area (Å²) in [7, 11) is 0. The van der Waals surface area contributed by atoms with Gasteiger partial charge in [0.05, 0.1) is 10.0 Å². The average molecular weight is 343 g/mol. The maximum atomic E-state index is 13.4. The van der Waals surface area contributed by atoms with Crippen molar-refractivity contribution >= 4 is 21.9 Å². The third-order valence-corrected chi connectivity index (χ3v) is 3.20. The van der Waals surface area contributed by atoms with Crippen LogP contribution in [-0.4, -0.2) is 11.1 Å². The monoisotopic (exact) mass is 342 g/mol. The van der Waals surface area contributed by atoms with Gasteiger partial charge < -0.3 is 9.84 Å². The van der Waals surface area contributed by atoms with Gasteiger partial charge in [-0.25, -0.2) is 13.6 Å². The van der Waals surface area contributed by atoms with Gasteiger partial charge in [0.15, 0.2) is 0 Å². The van der Waals surface area contributed by atoms with Crippen molar-refractivity contribution in [2.45, 2.75) is 6.61 Å². The van der Waals surface area contributed by atoms with Gasteiger partial charge in [-0.15, -0.1) is 0 Å². The van der Waals surface area contributed by atoms with Crippen LogP contribution in [0.3, 0.4) is 0 Å². The second-order valence-corrected chi connectivity index (χ2v) is 4.84. The van der Waals surface area contributed by atoms with E-state index in [1.807, 2.05) is 0 Å². The highest BCUT2D eigenvalue weighted by Crippen LogP contribution is 2.22. The Bertz CT molecular complexity index is 659. The molecule has 6 heteroatoms. The summed E-state index contributed by atoms with van der Waals surface area (Å²) in [5, 5.41) is 8.70. The highest BCUT2D eigenvalue weighted by Gasteiger charge is 2.10. The molecule has 2 aromatic rings. The van der Waals surface area contributed by atoms with E-state index in [2.05, 4.69) is 15.9 Å². The molecule has 20 heavy (non-hydrogen) atoms. The van der Waals surface area contributed by atoms with Crippen LogP contribution in [0.1, 0.15) is 15.9 Å². The highest BCUT2D eigenvalue weighted by molar-refractivity contribution is 9.10. The lowest BCUT2D eigenvalue weighted by atomic mass is 10.1. The van der Waals surface area contributed by atoms with Crippen molar-refractivity contribution in [3.63, 3.8) is 0 Å². The molecule has 104 valence electrons. The standard InChI is InChI=1S/C14H9BrF2O3/c15-11-4-2-9(6-13(11)17)20-7-8-1-3-10(14(18)19)12(16)5-8/h1-6H,7H2,(H,18,19). The van der Waals surface area contributed by atoms with E-state index in [1.165, 1.54) is 24.3 Å². The fourth-order valence-corrected chi connectivity index (χ4v) is 1.80. The summed E-state index contributed by atoms with van der Waals surface area (Å²) in [6, 6.07) is 7.96. The Morgan fingerprint density at radius 3 is 2.50 bits per heavy atom. The lowest BCUT2D eigenvalue weighted by Gasteiger charge is -2.07. The number of carbonyl (C=O) groups is 1. The SMILES string of the molecule is O=C(O)c1ccc(COc2ccc(Br)c(F)c2)cc1F. The summed E-state index contributed by atoms with van der Waals surface area (Å²) >= 11 is 3.02.